The summed E-state index contributed by atoms with van der Waals surface area (Å²) >= 11 is 0. The molecule has 0 saturated carbocycles. The predicted molar refractivity (Wildman–Crippen MR) is 138 cm³/mol. The third-order valence-electron chi connectivity index (χ3n) is 6.27. The van der Waals surface area contributed by atoms with Crippen molar-refractivity contribution in [2.45, 2.75) is 51.1 Å². The molecule has 1 atom stereocenters. The van der Waals surface area contributed by atoms with Gasteiger partial charge in [-0.15, -0.1) is 0 Å². The van der Waals surface area contributed by atoms with Crippen molar-refractivity contribution < 1.29 is 17.9 Å². The Morgan fingerprint density at radius 2 is 1.69 bits per heavy atom. The molecule has 35 heavy (non-hydrogen) atoms. The number of fused-ring (bicyclic) bond motifs is 1. The van der Waals surface area contributed by atoms with Crippen LogP contribution in [0, 0.1) is 5.92 Å². The zero-order valence-electron chi connectivity index (χ0n) is 20.6. The number of ether oxygens (including phenoxy) is 1. The highest BCUT2D eigenvalue weighted by Crippen LogP contribution is 2.34. The highest BCUT2D eigenvalue weighted by Gasteiger charge is 2.31. The number of rotatable bonds is 8. The number of nitrogens with zero attached hydrogens (tertiary/aromatic N) is 1. The summed E-state index contributed by atoms with van der Waals surface area (Å²) in [7, 11) is -2.06. The fourth-order valence-corrected chi connectivity index (χ4v) is 5.50. The van der Waals surface area contributed by atoms with E-state index in [4.69, 9.17) is 4.74 Å². The molecule has 7 heteroatoms. The zero-order valence-corrected chi connectivity index (χ0v) is 21.4. The Balaban J connectivity index is 1.50. The van der Waals surface area contributed by atoms with Crippen LogP contribution in [-0.4, -0.2) is 27.5 Å². The Hall–Kier alpha value is -3.16. The maximum Gasteiger partial charge on any atom is 0.258 e. The maximum atomic E-state index is 13.3. The Kier molecular flexibility index (Phi) is 7.28. The molecule has 1 heterocycles. The van der Waals surface area contributed by atoms with E-state index in [9.17, 15) is 13.2 Å². The molecule has 184 valence electrons. The topological polar surface area (TPSA) is 75.7 Å². The van der Waals surface area contributed by atoms with Gasteiger partial charge in [0.05, 0.1) is 12.0 Å². The number of sulfonamides is 1. The van der Waals surface area contributed by atoms with Crippen LogP contribution in [0.1, 0.15) is 47.8 Å². The van der Waals surface area contributed by atoms with Crippen molar-refractivity contribution >= 4 is 21.6 Å². The molecule has 3 aromatic carbocycles. The molecule has 1 unspecified atom stereocenters. The molecular formula is C28H32N2O4S. The minimum Gasteiger partial charge on any atom is -0.497 e. The van der Waals surface area contributed by atoms with Crippen LogP contribution in [0.25, 0.3) is 0 Å². The number of carbonyl (C=O) groups excluding carboxylic acids is 1. The first kappa shape index (κ1) is 24.9. The molecule has 3 aromatic rings. The van der Waals surface area contributed by atoms with E-state index in [0.717, 1.165) is 35.2 Å². The SMILES string of the molecule is COc1ccc(C(=O)N2c3cc(CNS(=O)(=O)c4ccc(CC(C)C)cc4)ccc3CC2C)cc1. The third-order valence-corrected chi connectivity index (χ3v) is 7.68. The summed E-state index contributed by atoms with van der Waals surface area (Å²) in [5.41, 5.74) is 4.40. The summed E-state index contributed by atoms with van der Waals surface area (Å²) in [6.45, 7) is 6.43. The highest BCUT2D eigenvalue weighted by atomic mass is 32.2. The lowest BCUT2D eigenvalue weighted by Crippen LogP contribution is -2.35. The predicted octanol–water partition coefficient (Wildman–Crippen LogP) is 4.96. The monoisotopic (exact) mass is 492 g/mol. The fourth-order valence-electron chi connectivity index (χ4n) is 4.48. The molecule has 0 saturated heterocycles. The lowest BCUT2D eigenvalue weighted by atomic mass is 10.0. The van der Waals surface area contributed by atoms with Crippen LogP contribution >= 0.6 is 0 Å². The second kappa shape index (κ2) is 10.2. The van der Waals surface area contributed by atoms with Gasteiger partial charge >= 0.3 is 0 Å². The average Bonchev–Trinajstić information content (AvgIpc) is 3.17. The van der Waals surface area contributed by atoms with Crippen molar-refractivity contribution in [3.63, 3.8) is 0 Å². The second-order valence-corrected chi connectivity index (χ2v) is 11.3. The fraction of sp³-hybridized carbons (Fsp3) is 0.321. The van der Waals surface area contributed by atoms with Gasteiger partial charge in [-0.3, -0.25) is 4.79 Å². The molecule has 1 amide bonds. The number of carbonyl (C=O) groups is 1. The van der Waals surface area contributed by atoms with E-state index in [2.05, 4.69) is 18.6 Å². The van der Waals surface area contributed by atoms with Crippen LogP contribution in [0.2, 0.25) is 0 Å². The van der Waals surface area contributed by atoms with Crippen LogP contribution in [0.3, 0.4) is 0 Å². The molecule has 0 fully saturated rings. The number of nitrogens with one attached hydrogen (secondary N) is 1. The molecule has 1 aliphatic rings. The molecule has 0 aromatic heterocycles. The number of hydrogen-bond donors (Lipinski definition) is 1. The van der Waals surface area contributed by atoms with Gasteiger partial charge in [-0.25, -0.2) is 13.1 Å². The van der Waals surface area contributed by atoms with Crippen molar-refractivity contribution in [1.82, 2.24) is 4.72 Å². The van der Waals surface area contributed by atoms with Gasteiger partial charge in [-0.2, -0.15) is 0 Å². The van der Waals surface area contributed by atoms with Crippen molar-refractivity contribution in [2.24, 2.45) is 5.92 Å². The molecule has 1 N–H and O–H groups in total. The van der Waals surface area contributed by atoms with Crippen LogP contribution < -0.4 is 14.4 Å². The van der Waals surface area contributed by atoms with Gasteiger partial charge in [0.15, 0.2) is 0 Å². The average molecular weight is 493 g/mol. The lowest BCUT2D eigenvalue weighted by molar-refractivity contribution is 0.0981. The second-order valence-electron chi connectivity index (χ2n) is 9.49. The van der Waals surface area contributed by atoms with Crippen molar-refractivity contribution in [1.29, 1.82) is 0 Å². The third kappa shape index (κ3) is 5.57. The minimum absolute atomic E-state index is 0.0101. The van der Waals surface area contributed by atoms with Gasteiger partial charge < -0.3 is 9.64 Å². The van der Waals surface area contributed by atoms with Crippen molar-refractivity contribution in [3.05, 3.63) is 89.0 Å². The van der Waals surface area contributed by atoms with E-state index in [1.54, 1.807) is 48.4 Å². The minimum atomic E-state index is -3.65. The van der Waals surface area contributed by atoms with Gasteiger partial charge in [-0.1, -0.05) is 38.1 Å². The summed E-state index contributed by atoms with van der Waals surface area (Å²) in [5.74, 6) is 1.12. The Morgan fingerprint density at radius 3 is 2.31 bits per heavy atom. The van der Waals surface area contributed by atoms with E-state index >= 15 is 0 Å². The first-order valence-corrected chi connectivity index (χ1v) is 13.3. The van der Waals surface area contributed by atoms with Crippen LogP contribution in [0.5, 0.6) is 5.75 Å². The van der Waals surface area contributed by atoms with Gasteiger partial charge in [0.2, 0.25) is 10.0 Å². The van der Waals surface area contributed by atoms with E-state index in [-0.39, 0.29) is 23.4 Å². The highest BCUT2D eigenvalue weighted by molar-refractivity contribution is 7.89. The molecular weight excluding hydrogens is 460 g/mol. The Morgan fingerprint density at radius 1 is 1.03 bits per heavy atom. The quantitative estimate of drug-likeness (QED) is 0.482. The molecule has 4 rings (SSSR count). The molecule has 0 radical (unpaired) electrons. The standard InChI is InChI=1S/C28H32N2O4S/c1-19(2)15-21-6-13-26(14-7-21)35(32,33)29-18-22-5-8-24-16-20(3)30(27(24)17-22)28(31)23-9-11-25(34-4)12-10-23/h5-14,17,19-20,29H,15-16,18H2,1-4H3. The molecule has 1 aliphatic heterocycles. The van der Waals surface area contributed by atoms with Gasteiger partial charge in [-0.05, 0) is 84.8 Å². The maximum absolute atomic E-state index is 13.3. The van der Waals surface area contributed by atoms with E-state index in [1.807, 2.05) is 37.3 Å². The van der Waals surface area contributed by atoms with E-state index in [1.165, 1.54) is 0 Å². The molecule has 0 bridgehead atoms. The van der Waals surface area contributed by atoms with E-state index < -0.39 is 10.0 Å². The van der Waals surface area contributed by atoms with Crippen molar-refractivity contribution in [3.8, 4) is 5.75 Å². The van der Waals surface area contributed by atoms with Gasteiger partial charge in [0.25, 0.3) is 5.91 Å². The summed E-state index contributed by atoms with van der Waals surface area (Å²) in [6.07, 6.45) is 1.67. The lowest BCUT2D eigenvalue weighted by Gasteiger charge is -2.23. The Bertz CT molecular complexity index is 1300. The normalized spacial score (nSPS) is 15.3. The summed E-state index contributed by atoms with van der Waals surface area (Å²) in [5, 5.41) is 0. The summed E-state index contributed by atoms with van der Waals surface area (Å²) < 4.78 is 33.6. The largest absolute Gasteiger partial charge is 0.497 e. The van der Waals surface area contributed by atoms with Crippen LogP contribution in [-0.2, 0) is 29.4 Å². The number of hydrogen-bond acceptors (Lipinski definition) is 4. The summed E-state index contributed by atoms with van der Waals surface area (Å²) in [6, 6.07) is 19.9. The van der Waals surface area contributed by atoms with Crippen LogP contribution in [0.4, 0.5) is 5.69 Å². The molecule has 0 aliphatic carbocycles. The Labute approximate surface area is 208 Å². The van der Waals surface area contributed by atoms with Gasteiger partial charge in [0.1, 0.15) is 5.75 Å². The number of amides is 1. The number of methoxy groups -OCH3 is 1. The van der Waals surface area contributed by atoms with E-state index in [0.29, 0.717) is 17.2 Å². The molecule has 0 spiro atoms. The first-order chi connectivity index (χ1) is 16.7. The zero-order chi connectivity index (χ0) is 25.2. The van der Waals surface area contributed by atoms with Crippen molar-refractivity contribution in [2.75, 3.05) is 12.0 Å². The molecule has 6 nitrogen and oxygen atoms in total. The smallest absolute Gasteiger partial charge is 0.258 e. The van der Waals surface area contributed by atoms with Crippen LogP contribution in [0.15, 0.2) is 71.6 Å². The number of anilines is 1. The van der Waals surface area contributed by atoms with Gasteiger partial charge in [0, 0.05) is 23.8 Å². The first-order valence-electron chi connectivity index (χ1n) is 11.9. The summed E-state index contributed by atoms with van der Waals surface area (Å²) in [4.78, 5) is 15.3. The number of benzene rings is 3.